The van der Waals surface area contributed by atoms with E-state index in [1.165, 1.54) is 6.08 Å². The van der Waals surface area contributed by atoms with Crippen LogP contribution in [0.1, 0.15) is 52.2 Å². The summed E-state index contributed by atoms with van der Waals surface area (Å²) in [5, 5.41) is 18.6. The summed E-state index contributed by atoms with van der Waals surface area (Å²) in [6.07, 6.45) is 2.99. The minimum Gasteiger partial charge on any atom is -0.480 e. The molecular weight excluding hydrogens is 524 g/mol. The van der Waals surface area contributed by atoms with Crippen molar-refractivity contribution in [1.82, 2.24) is 20.9 Å². The van der Waals surface area contributed by atoms with Crippen LogP contribution < -0.4 is 16.0 Å². The number of hydrogen-bond donors (Lipinski definition) is 5. The predicted molar refractivity (Wildman–Crippen MR) is 157 cm³/mol. The van der Waals surface area contributed by atoms with Gasteiger partial charge in [-0.05, 0) is 50.0 Å². The molecule has 10 nitrogen and oxygen atoms in total. The van der Waals surface area contributed by atoms with E-state index in [9.17, 15) is 24.3 Å². The summed E-state index contributed by atoms with van der Waals surface area (Å²) in [7, 11) is 0. The lowest BCUT2D eigenvalue weighted by molar-refractivity contribution is -0.141. The molecule has 218 valence electrons. The highest BCUT2D eigenvalue weighted by molar-refractivity contribution is 6.03. The number of nitrogens with one attached hydrogen (secondary N) is 4. The molecule has 0 fully saturated rings. The molecule has 41 heavy (non-hydrogen) atoms. The Morgan fingerprint density at radius 1 is 1.00 bits per heavy atom. The number of rotatable bonds is 11. The topological polar surface area (TPSA) is 150 Å². The first-order valence-corrected chi connectivity index (χ1v) is 13.5. The molecule has 0 bridgehead atoms. The fraction of sp³-hybridized carbons (Fsp3) is 0.355. The number of benzene rings is 2. The molecule has 3 aromatic rings. The van der Waals surface area contributed by atoms with Crippen molar-refractivity contribution in [2.45, 2.75) is 65.1 Å². The zero-order valence-corrected chi connectivity index (χ0v) is 24.0. The lowest BCUT2D eigenvalue weighted by Crippen LogP contribution is -2.53. The van der Waals surface area contributed by atoms with Crippen molar-refractivity contribution < 1.29 is 29.0 Å². The van der Waals surface area contributed by atoms with Gasteiger partial charge in [-0.3, -0.25) is 9.59 Å². The summed E-state index contributed by atoms with van der Waals surface area (Å²) >= 11 is 0. The van der Waals surface area contributed by atoms with Crippen LogP contribution in [0.3, 0.4) is 0 Å². The second-order valence-electron chi connectivity index (χ2n) is 10.9. The number of amides is 3. The Bertz CT molecular complexity index is 1410. The predicted octanol–water partition coefficient (Wildman–Crippen LogP) is 4.38. The van der Waals surface area contributed by atoms with Gasteiger partial charge in [-0.15, -0.1) is 0 Å². The van der Waals surface area contributed by atoms with E-state index in [1.54, 1.807) is 64.2 Å². The van der Waals surface area contributed by atoms with Gasteiger partial charge in [-0.2, -0.15) is 0 Å². The van der Waals surface area contributed by atoms with E-state index in [4.69, 9.17) is 4.74 Å². The number of carbonyl (C=O) groups is 4. The van der Waals surface area contributed by atoms with E-state index in [2.05, 4.69) is 20.9 Å². The van der Waals surface area contributed by atoms with E-state index in [0.29, 0.717) is 12.0 Å². The number of hydrogen-bond acceptors (Lipinski definition) is 5. The standard InChI is InChI=1S/C31H38N4O6/c1-6-19(2)26(35-30(40)41-31(3,4)5)28(37)33-24(16-20-12-8-7-9-13-20)27(36)34-25(29(38)39)17-21-18-32-23-15-11-10-14-22(21)23/h7-16,18-19,25-26,32H,6,17H2,1-5H3,(H,33,37)(H,34,36)(H,35,40)(H,38,39)/b24-16+/t19?,25-,26-/m0/s1. The molecule has 1 unspecified atom stereocenters. The molecule has 10 heteroatoms. The van der Waals surface area contributed by atoms with Gasteiger partial charge in [0.25, 0.3) is 5.91 Å². The molecule has 3 rings (SSSR count). The molecule has 2 aromatic carbocycles. The van der Waals surface area contributed by atoms with Crippen molar-refractivity contribution in [1.29, 1.82) is 0 Å². The molecule has 3 atom stereocenters. The highest BCUT2D eigenvalue weighted by Crippen LogP contribution is 2.19. The van der Waals surface area contributed by atoms with E-state index >= 15 is 0 Å². The third kappa shape index (κ3) is 8.96. The van der Waals surface area contributed by atoms with Crippen molar-refractivity contribution >= 4 is 40.9 Å². The summed E-state index contributed by atoms with van der Waals surface area (Å²) in [6.45, 7) is 8.81. The highest BCUT2D eigenvalue weighted by Gasteiger charge is 2.31. The summed E-state index contributed by atoms with van der Waals surface area (Å²) < 4.78 is 5.33. The lowest BCUT2D eigenvalue weighted by Gasteiger charge is -2.26. The smallest absolute Gasteiger partial charge is 0.408 e. The molecule has 0 aliphatic heterocycles. The fourth-order valence-electron chi connectivity index (χ4n) is 4.18. The van der Waals surface area contributed by atoms with Crippen LogP contribution in [0.2, 0.25) is 0 Å². The maximum absolute atomic E-state index is 13.5. The SMILES string of the molecule is CCC(C)[C@H](NC(=O)OC(C)(C)C)C(=O)N/C(=C/c1ccccc1)C(=O)N[C@@H](Cc1c[nH]c2ccccc12)C(=O)O. The van der Waals surface area contributed by atoms with Crippen molar-refractivity contribution in [3.63, 3.8) is 0 Å². The van der Waals surface area contributed by atoms with Crippen molar-refractivity contribution in [2.24, 2.45) is 5.92 Å². The Morgan fingerprint density at radius 3 is 2.29 bits per heavy atom. The molecule has 0 aliphatic carbocycles. The van der Waals surface area contributed by atoms with Crippen LogP contribution in [-0.2, 0) is 25.5 Å². The van der Waals surface area contributed by atoms with Crippen LogP contribution in [-0.4, -0.2) is 51.7 Å². The van der Waals surface area contributed by atoms with Crippen LogP contribution in [0.4, 0.5) is 4.79 Å². The number of aliphatic carboxylic acids is 1. The second kappa shape index (κ2) is 13.6. The fourth-order valence-corrected chi connectivity index (χ4v) is 4.18. The van der Waals surface area contributed by atoms with E-state index in [0.717, 1.165) is 16.5 Å². The second-order valence-corrected chi connectivity index (χ2v) is 10.9. The Kier molecular flexibility index (Phi) is 10.3. The van der Waals surface area contributed by atoms with Crippen LogP contribution in [0.5, 0.6) is 0 Å². The number of alkyl carbamates (subject to hydrolysis) is 1. The first kappa shape index (κ1) is 30.9. The Labute approximate surface area is 239 Å². The number of para-hydroxylation sites is 1. The Balaban J connectivity index is 1.86. The number of carboxylic acids is 1. The zero-order valence-electron chi connectivity index (χ0n) is 24.0. The van der Waals surface area contributed by atoms with E-state index in [1.807, 2.05) is 31.2 Å². The van der Waals surface area contributed by atoms with Gasteiger partial charge < -0.3 is 30.8 Å². The van der Waals surface area contributed by atoms with Crippen LogP contribution in [0.15, 0.2) is 66.5 Å². The monoisotopic (exact) mass is 562 g/mol. The largest absolute Gasteiger partial charge is 0.480 e. The summed E-state index contributed by atoms with van der Waals surface area (Å²) in [5.74, 6) is -2.93. The van der Waals surface area contributed by atoms with E-state index in [-0.39, 0.29) is 18.0 Å². The number of ether oxygens (including phenoxy) is 1. The van der Waals surface area contributed by atoms with Gasteiger partial charge in [0.05, 0.1) is 0 Å². The van der Waals surface area contributed by atoms with Gasteiger partial charge in [0.2, 0.25) is 5.91 Å². The van der Waals surface area contributed by atoms with Gasteiger partial charge in [-0.25, -0.2) is 9.59 Å². The average Bonchev–Trinajstić information content (AvgIpc) is 3.32. The summed E-state index contributed by atoms with van der Waals surface area (Å²) in [6, 6.07) is 14.0. The third-order valence-corrected chi connectivity index (χ3v) is 6.48. The lowest BCUT2D eigenvalue weighted by atomic mass is 9.98. The third-order valence-electron chi connectivity index (χ3n) is 6.48. The van der Waals surface area contributed by atoms with Crippen molar-refractivity contribution in [3.8, 4) is 0 Å². The molecule has 0 saturated carbocycles. The molecule has 0 spiro atoms. The molecule has 5 N–H and O–H groups in total. The molecular formula is C31H38N4O6. The van der Waals surface area contributed by atoms with Crippen LogP contribution in [0.25, 0.3) is 17.0 Å². The normalized spacial score (nSPS) is 14.0. The number of aromatic amines is 1. The van der Waals surface area contributed by atoms with Gasteiger partial charge >= 0.3 is 12.1 Å². The number of carbonyl (C=O) groups excluding carboxylic acids is 3. The maximum Gasteiger partial charge on any atom is 0.408 e. The zero-order chi connectivity index (χ0) is 30.2. The molecule has 3 amide bonds. The minimum absolute atomic E-state index is 0.0212. The maximum atomic E-state index is 13.5. The molecule has 1 aromatic heterocycles. The summed E-state index contributed by atoms with van der Waals surface area (Å²) in [5.41, 5.74) is 1.26. The first-order valence-electron chi connectivity index (χ1n) is 13.5. The van der Waals surface area contributed by atoms with Crippen LogP contribution >= 0.6 is 0 Å². The van der Waals surface area contributed by atoms with E-state index < -0.39 is 41.6 Å². The van der Waals surface area contributed by atoms with Gasteiger partial charge in [0.15, 0.2) is 0 Å². The highest BCUT2D eigenvalue weighted by atomic mass is 16.6. The quantitative estimate of drug-likeness (QED) is 0.219. The molecule has 0 radical (unpaired) electrons. The average molecular weight is 563 g/mol. The number of aromatic nitrogens is 1. The van der Waals surface area contributed by atoms with Crippen molar-refractivity contribution in [3.05, 3.63) is 77.6 Å². The molecule has 1 heterocycles. The van der Waals surface area contributed by atoms with Gasteiger partial charge in [-0.1, -0.05) is 68.8 Å². The molecule has 0 saturated heterocycles. The van der Waals surface area contributed by atoms with Crippen molar-refractivity contribution in [2.75, 3.05) is 0 Å². The van der Waals surface area contributed by atoms with Crippen LogP contribution in [0, 0.1) is 5.92 Å². The molecule has 0 aliphatic rings. The Morgan fingerprint density at radius 2 is 1.66 bits per heavy atom. The minimum atomic E-state index is -1.27. The number of carboxylic acid groups (broad SMARTS) is 1. The van der Waals surface area contributed by atoms with Gasteiger partial charge in [0.1, 0.15) is 23.4 Å². The number of H-pyrrole nitrogens is 1. The Hall–Kier alpha value is -4.60. The summed E-state index contributed by atoms with van der Waals surface area (Å²) in [4.78, 5) is 54.7. The van der Waals surface area contributed by atoms with Gasteiger partial charge in [0, 0.05) is 23.5 Å². The number of fused-ring (bicyclic) bond motifs is 1. The first-order chi connectivity index (χ1) is 19.4.